The molecule has 5 nitrogen and oxygen atoms in total. The van der Waals surface area contributed by atoms with Gasteiger partial charge in [0.05, 0.1) is 13.0 Å². The smallest absolute Gasteiger partial charge is 0.321 e. The lowest BCUT2D eigenvalue weighted by atomic mass is 10.1. The minimum absolute atomic E-state index is 0.152. The monoisotopic (exact) mass is 217 g/mol. The first kappa shape index (κ1) is 13.9. The summed E-state index contributed by atoms with van der Waals surface area (Å²) in [6.45, 7) is 7.47. The standard InChI is InChI=1S/C10H19NO4/c1-5-15-8(12)6-7(9(13)14)11-10(2,3)4/h7,11H,5-6H2,1-4H3,(H,13,14)/t7-/m0/s1. The van der Waals surface area contributed by atoms with Crippen molar-refractivity contribution in [3.63, 3.8) is 0 Å². The first-order valence-corrected chi connectivity index (χ1v) is 4.92. The van der Waals surface area contributed by atoms with E-state index in [1.165, 1.54) is 0 Å². The zero-order valence-corrected chi connectivity index (χ0v) is 9.66. The second-order valence-corrected chi connectivity index (χ2v) is 4.29. The fourth-order valence-electron chi connectivity index (χ4n) is 1.11. The molecule has 0 rings (SSSR count). The predicted octanol–water partition coefficient (Wildman–Crippen LogP) is 0.781. The Morgan fingerprint density at radius 3 is 2.27 bits per heavy atom. The number of ether oxygens (including phenoxy) is 1. The van der Waals surface area contributed by atoms with Crippen LogP contribution < -0.4 is 5.32 Å². The summed E-state index contributed by atoms with van der Waals surface area (Å²) in [6, 6.07) is -0.899. The van der Waals surface area contributed by atoms with Gasteiger partial charge in [0.15, 0.2) is 0 Å². The fourth-order valence-corrected chi connectivity index (χ4v) is 1.11. The second kappa shape index (κ2) is 5.70. The molecule has 0 aliphatic rings. The van der Waals surface area contributed by atoms with Gasteiger partial charge < -0.3 is 9.84 Å². The van der Waals surface area contributed by atoms with E-state index in [2.05, 4.69) is 5.32 Å². The molecule has 0 aromatic heterocycles. The van der Waals surface area contributed by atoms with Gasteiger partial charge >= 0.3 is 11.9 Å². The number of aliphatic carboxylic acids is 1. The van der Waals surface area contributed by atoms with Gasteiger partial charge in [0.2, 0.25) is 0 Å². The molecule has 0 aliphatic carbocycles. The Bertz CT molecular complexity index is 232. The summed E-state index contributed by atoms with van der Waals surface area (Å²) < 4.78 is 4.69. The van der Waals surface area contributed by atoms with Crippen LogP contribution in [0.15, 0.2) is 0 Å². The van der Waals surface area contributed by atoms with Gasteiger partial charge in [-0.3, -0.25) is 14.9 Å². The lowest BCUT2D eigenvalue weighted by Gasteiger charge is -2.25. The van der Waals surface area contributed by atoms with Crippen molar-refractivity contribution in [1.29, 1.82) is 0 Å². The van der Waals surface area contributed by atoms with E-state index in [1.807, 2.05) is 20.8 Å². The van der Waals surface area contributed by atoms with Gasteiger partial charge in [0, 0.05) is 5.54 Å². The predicted molar refractivity (Wildman–Crippen MR) is 55.6 cm³/mol. The van der Waals surface area contributed by atoms with Gasteiger partial charge in [-0.05, 0) is 27.7 Å². The average molecular weight is 217 g/mol. The van der Waals surface area contributed by atoms with Crippen LogP contribution in [0, 0.1) is 0 Å². The van der Waals surface area contributed by atoms with Gasteiger partial charge in [-0.25, -0.2) is 0 Å². The highest BCUT2D eigenvalue weighted by atomic mass is 16.5. The Morgan fingerprint density at radius 1 is 1.40 bits per heavy atom. The summed E-state index contributed by atoms with van der Waals surface area (Å²) in [4.78, 5) is 22.0. The molecule has 0 aromatic rings. The molecule has 0 unspecified atom stereocenters. The van der Waals surface area contributed by atoms with E-state index < -0.39 is 18.0 Å². The molecule has 0 bridgehead atoms. The number of carbonyl (C=O) groups is 2. The quantitative estimate of drug-likeness (QED) is 0.665. The van der Waals surface area contributed by atoms with Crippen molar-refractivity contribution in [3.8, 4) is 0 Å². The van der Waals surface area contributed by atoms with Crippen molar-refractivity contribution in [3.05, 3.63) is 0 Å². The largest absolute Gasteiger partial charge is 0.480 e. The maximum atomic E-state index is 11.1. The fraction of sp³-hybridized carbons (Fsp3) is 0.800. The lowest BCUT2D eigenvalue weighted by molar-refractivity contribution is -0.149. The van der Waals surface area contributed by atoms with Crippen LogP contribution in [0.3, 0.4) is 0 Å². The normalized spacial score (nSPS) is 13.3. The third-order valence-corrected chi connectivity index (χ3v) is 1.58. The Kier molecular flexibility index (Phi) is 5.28. The van der Waals surface area contributed by atoms with Gasteiger partial charge in [0.25, 0.3) is 0 Å². The van der Waals surface area contributed by atoms with Crippen molar-refractivity contribution >= 4 is 11.9 Å². The summed E-state index contributed by atoms with van der Waals surface area (Å²) in [7, 11) is 0. The van der Waals surface area contributed by atoms with Gasteiger partial charge in [-0.2, -0.15) is 0 Å². The molecule has 0 aromatic carbocycles. The molecule has 2 N–H and O–H groups in total. The Hall–Kier alpha value is -1.10. The van der Waals surface area contributed by atoms with E-state index in [0.29, 0.717) is 0 Å². The summed E-state index contributed by atoms with van der Waals surface area (Å²) >= 11 is 0. The van der Waals surface area contributed by atoms with Crippen molar-refractivity contribution in [1.82, 2.24) is 5.32 Å². The molecule has 0 saturated heterocycles. The number of carboxylic acids is 1. The maximum absolute atomic E-state index is 11.1. The van der Waals surface area contributed by atoms with Crippen molar-refractivity contribution in [2.24, 2.45) is 0 Å². The molecule has 0 saturated carbocycles. The summed E-state index contributed by atoms with van der Waals surface area (Å²) in [6.07, 6.45) is -0.152. The number of carbonyl (C=O) groups excluding carboxylic acids is 1. The minimum Gasteiger partial charge on any atom is -0.480 e. The molecule has 15 heavy (non-hydrogen) atoms. The van der Waals surface area contributed by atoms with Crippen molar-refractivity contribution < 1.29 is 19.4 Å². The molecule has 0 aliphatic heterocycles. The van der Waals surface area contributed by atoms with Crippen LogP contribution in [0.5, 0.6) is 0 Å². The molecule has 0 fully saturated rings. The second-order valence-electron chi connectivity index (χ2n) is 4.29. The topological polar surface area (TPSA) is 75.6 Å². The minimum atomic E-state index is -1.04. The average Bonchev–Trinajstić information content (AvgIpc) is 2.00. The van der Waals surface area contributed by atoms with Crippen LogP contribution in [0.25, 0.3) is 0 Å². The SMILES string of the molecule is CCOC(=O)C[C@H](NC(C)(C)C)C(=O)O. The third-order valence-electron chi connectivity index (χ3n) is 1.58. The molecule has 0 spiro atoms. The van der Waals surface area contributed by atoms with Gasteiger partial charge in [0.1, 0.15) is 6.04 Å². The Balaban J connectivity index is 4.29. The zero-order valence-electron chi connectivity index (χ0n) is 9.66. The molecule has 0 heterocycles. The van der Waals surface area contributed by atoms with Crippen LogP contribution >= 0.6 is 0 Å². The third kappa shape index (κ3) is 6.90. The van der Waals surface area contributed by atoms with E-state index in [0.717, 1.165) is 0 Å². The van der Waals surface area contributed by atoms with Crippen LogP contribution in [-0.2, 0) is 14.3 Å². The van der Waals surface area contributed by atoms with E-state index in [1.54, 1.807) is 6.92 Å². The number of rotatable bonds is 5. The van der Waals surface area contributed by atoms with Gasteiger partial charge in [-0.15, -0.1) is 0 Å². The summed E-state index contributed by atoms with van der Waals surface area (Å²) in [5.41, 5.74) is -0.352. The first-order chi connectivity index (χ1) is 6.76. The molecular formula is C10H19NO4. The highest BCUT2D eigenvalue weighted by molar-refractivity contribution is 5.81. The van der Waals surface area contributed by atoms with Crippen LogP contribution in [-0.4, -0.2) is 35.2 Å². The van der Waals surface area contributed by atoms with Crippen LogP contribution in [0.1, 0.15) is 34.1 Å². The summed E-state index contributed by atoms with van der Waals surface area (Å²) in [5, 5.41) is 11.7. The van der Waals surface area contributed by atoms with Crippen LogP contribution in [0.4, 0.5) is 0 Å². The zero-order chi connectivity index (χ0) is 12.1. The van der Waals surface area contributed by atoms with Crippen molar-refractivity contribution in [2.45, 2.75) is 45.7 Å². The number of esters is 1. The number of carboxylic acid groups (broad SMARTS) is 1. The highest BCUT2D eigenvalue weighted by Crippen LogP contribution is 2.05. The highest BCUT2D eigenvalue weighted by Gasteiger charge is 2.26. The van der Waals surface area contributed by atoms with E-state index >= 15 is 0 Å². The van der Waals surface area contributed by atoms with Gasteiger partial charge in [-0.1, -0.05) is 0 Å². The first-order valence-electron chi connectivity index (χ1n) is 4.92. The number of nitrogens with one attached hydrogen (secondary N) is 1. The number of hydrogen-bond donors (Lipinski definition) is 2. The molecule has 5 heteroatoms. The number of hydrogen-bond acceptors (Lipinski definition) is 4. The Morgan fingerprint density at radius 2 is 1.93 bits per heavy atom. The molecular weight excluding hydrogens is 198 g/mol. The van der Waals surface area contributed by atoms with E-state index in [4.69, 9.17) is 9.84 Å². The molecule has 88 valence electrons. The Labute approximate surface area is 89.8 Å². The van der Waals surface area contributed by atoms with E-state index in [-0.39, 0.29) is 18.6 Å². The summed E-state index contributed by atoms with van der Waals surface area (Å²) in [5.74, 6) is -1.54. The van der Waals surface area contributed by atoms with E-state index in [9.17, 15) is 9.59 Å². The molecule has 1 atom stereocenters. The lowest BCUT2D eigenvalue weighted by Crippen LogP contribution is -2.48. The molecule has 0 radical (unpaired) electrons. The molecule has 0 amide bonds. The maximum Gasteiger partial charge on any atom is 0.321 e. The van der Waals surface area contributed by atoms with Crippen molar-refractivity contribution in [2.75, 3.05) is 6.61 Å². The van der Waals surface area contributed by atoms with Crippen LogP contribution in [0.2, 0.25) is 0 Å².